The zero-order chi connectivity index (χ0) is 20.8. The lowest BCUT2D eigenvalue weighted by Crippen LogP contribution is -2.20. The highest BCUT2D eigenvalue weighted by Gasteiger charge is 2.11. The molecule has 0 radical (unpaired) electrons. The van der Waals surface area contributed by atoms with E-state index in [-0.39, 0.29) is 23.0 Å². The first kappa shape index (κ1) is 19.7. The number of urea groups is 1. The van der Waals surface area contributed by atoms with Crippen molar-refractivity contribution in [1.29, 1.82) is 0 Å². The van der Waals surface area contributed by atoms with Gasteiger partial charge in [0.1, 0.15) is 28.8 Å². The van der Waals surface area contributed by atoms with Crippen molar-refractivity contribution in [3.8, 4) is 11.5 Å². The van der Waals surface area contributed by atoms with Crippen LogP contribution < -0.4 is 20.7 Å². The topological polar surface area (TPSA) is 92.4 Å². The summed E-state index contributed by atoms with van der Waals surface area (Å²) in [6.07, 6.45) is 1.39. The van der Waals surface area contributed by atoms with Crippen molar-refractivity contribution >= 4 is 23.3 Å². The number of amides is 3. The third-order valence-electron chi connectivity index (χ3n) is 3.72. The van der Waals surface area contributed by atoms with E-state index in [0.717, 1.165) is 6.07 Å². The Hall–Kier alpha value is -4.01. The molecule has 0 saturated carbocycles. The van der Waals surface area contributed by atoms with Crippen molar-refractivity contribution in [3.05, 3.63) is 78.1 Å². The van der Waals surface area contributed by atoms with Gasteiger partial charge in [0, 0.05) is 31.1 Å². The highest BCUT2D eigenvalue weighted by molar-refractivity contribution is 5.99. The number of pyridine rings is 1. The van der Waals surface area contributed by atoms with Gasteiger partial charge in [0.2, 0.25) is 0 Å². The van der Waals surface area contributed by atoms with Gasteiger partial charge in [0.15, 0.2) is 0 Å². The summed E-state index contributed by atoms with van der Waals surface area (Å²) in [6, 6.07) is 11.3. The van der Waals surface area contributed by atoms with Gasteiger partial charge in [-0.2, -0.15) is 0 Å². The second-order valence-electron chi connectivity index (χ2n) is 5.79. The molecule has 3 amide bonds. The zero-order valence-corrected chi connectivity index (χ0v) is 15.2. The van der Waals surface area contributed by atoms with Crippen LogP contribution >= 0.6 is 0 Å². The quantitative estimate of drug-likeness (QED) is 0.602. The molecule has 7 nitrogen and oxygen atoms in total. The SMILES string of the molecule is CNC(=O)c1cc(Oc2ccc(NC(=O)Nc3ccc(F)cc3)c(F)c2)ccn1. The van der Waals surface area contributed by atoms with Crippen molar-refractivity contribution in [2.75, 3.05) is 17.7 Å². The molecule has 0 bridgehead atoms. The van der Waals surface area contributed by atoms with Crippen LogP contribution in [0.5, 0.6) is 11.5 Å². The molecule has 0 spiro atoms. The highest BCUT2D eigenvalue weighted by Crippen LogP contribution is 2.26. The number of hydrogen-bond acceptors (Lipinski definition) is 4. The third-order valence-corrected chi connectivity index (χ3v) is 3.72. The molecule has 3 rings (SSSR count). The number of hydrogen-bond donors (Lipinski definition) is 3. The molecular weight excluding hydrogens is 382 g/mol. The predicted octanol–water partition coefficient (Wildman–Crippen LogP) is 4.16. The number of nitrogens with one attached hydrogen (secondary N) is 3. The van der Waals surface area contributed by atoms with Gasteiger partial charge in [0.25, 0.3) is 5.91 Å². The maximum absolute atomic E-state index is 14.3. The lowest BCUT2D eigenvalue weighted by atomic mass is 10.2. The molecule has 0 saturated heterocycles. The molecule has 0 fully saturated rings. The number of halogens is 2. The van der Waals surface area contributed by atoms with Gasteiger partial charge >= 0.3 is 6.03 Å². The summed E-state index contributed by atoms with van der Waals surface area (Å²) < 4.78 is 32.7. The van der Waals surface area contributed by atoms with Crippen LogP contribution in [0.15, 0.2) is 60.8 Å². The van der Waals surface area contributed by atoms with E-state index in [1.807, 2.05) is 0 Å². The van der Waals surface area contributed by atoms with Gasteiger partial charge in [-0.3, -0.25) is 9.78 Å². The lowest BCUT2D eigenvalue weighted by Gasteiger charge is -2.11. The Kier molecular flexibility index (Phi) is 5.98. The number of carbonyl (C=O) groups excluding carboxylic acids is 2. The maximum atomic E-state index is 14.3. The van der Waals surface area contributed by atoms with Crippen molar-refractivity contribution in [1.82, 2.24) is 10.3 Å². The number of aromatic nitrogens is 1. The lowest BCUT2D eigenvalue weighted by molar-refractivity contribution is 0.0958. The van der Waals surface area contributed by atoms with E-state index in [1.54, 1.807) is 0 Å². The number of carbonyl (C=O) groups is 2. The molecule has 1 heterocycles. The first-order chi connectivity index (χ1) is 13.9. The summed E-state index contributed by atoms with van der Waals surface area (Å²) in [5.41, 5.74) is 0.438. The summed E-state index contributed by atoms with van der Waals surface area (Å²) in [5.74, 6) is -1.08. The molecule has 0 atom stereocenters. The smallest absolute Gasteiger partial charge is 0.323 e. The Bertz CT molecular complexity index is 1040. The second kappa shape index (κ2) is 8.79. The Morgan fingerprint density at radius 1 is 0.931 bits per heavy atom. The molecule has 0 aliphatic heterocycles. The number of rotatable bonds is 5. The van der Waals surface area contributed by atoms with Gasteiger partial charge in [-0.1, -0.05) is 0 Å². The monoisotopic (exact) mass is 398 g/mol. The van der Waals surface area contributed by atoms with Crippen LogP contribution in [-0.4, -0.2) is 24.0 Å². The fraction of sp³-hybridized carbons (Fsp3) is 0.0500. The average molecular weight is 398 g/mol. The van der Waals surface area contributed by atoms with Crippen LogP contribution in [0.4, 0.5) is 25.0 Å². The Labute approximate surface area is 164 Å². The number of ether oxygens (including phenoxy) is 1. The number of benzene rings is 2. The van der Waals surface area contributed by atoms with Gasteiger partial charge in [-0.05, 0) is 42.5 Å². The first-order valence-corrected chi connectivity index (χ1v) is 8.44. The predicted molar refractivity (Wildman–Crippen MR) is 103 cm³/mol. The molecule has 29 heavy (non-hydrogen) atoms. The van der Waals surface area contributed by atoms with E-state index in [4.69, 9.17) is 4.74 Å². The molecule has 148 valence electrons. The van der Waals surface area contributed by atoms with Crippen LogP contribution in [0.1, 0.15) is 10.5 Å². The summed E-state index contributed by atoms with van der Waals surface area (Å²) in [4.78, 5) is 27.5. The van der Waals surface area contributed by atoms with Gasteiger partial charge in [-0.15, -0.1) is 0 Å². The molecule has 2 aromatic carbocycles. The fourth-order valence-corrected chi connectivity index (χ4v) is 2.34. The van der Waals surface area contributed by atoms with E-state index in [0.29, 0.717) is 11.4 Å². The Balaban J connectivity index is 1.66. The minimum Gasteiger partial charge on any atom is -0.457 e. The van der Waals surface area contributed by atoms with Crippen molar-refractivity contribution in [2.24, 2.45) is 0 Å². The van der Waals surface area contributed by atoms with E-state index in [9.17, 15) is 18.4 Å². The Morgan fingerprint density at radius 3 is 2.34 bits per heavy atom. The summed E-state index contributed by atoms with van der Waals surface area (Å²) in [7, 11) is 1.48. The van der Waals surface area contributed by atoms with Crippen LogP contribution in [-0.2, 0) is 0 Å². The van der Waals surface area contributed by atoms with Crippen LogP contribution in [0.3, 0.4) is 0 Å². The van der Waals surface area contributed by atoms with E-state index < -0.39 is 17.7 Å². The fourth-order valence-electron chi connectivity index (χ4n) is 2.34. The molecular formula is C20H16F2N4O3. The molecule has 3 aromatic rings. The third kappa shape index (κ3) is 5.25. The molecule has 9 heteroatoms. The normalized spacial score (nSPS) is 10.2. The summed E-state index contributed by atoms with van der Waals surface area (Å²) in [6.45, 7) is 0. The average Bonchev–Trinajstić information content (AvgIpc) is 2.71. The van der Waals surface area contributed by atoms with Gasteiger partial charge in [0.05, 0.1) is 5.69 Å². The zero-order valence-electron chi connectivity index (χ0n) is 15.2. The highest BCUT2D eigenvalue weighted by atomic mass is 19.1. The Morgan fingerprint density at radius 2 is 1.66 bits per heavy atom. The van der Waals surface area contributed by atoms with Crippen molar-refractivity contribution in [3.63, 3.8) is 0 Å². The van der Waals surface area contributed by atoms with Gasteiger partial charge in [-0.25, -0.2) is 13.6 Å². The van der Waals surface area contributed by atoms with E-state index >= 15 is 0 Å². The summed E-state index contributed by atoms with van der Waals surface area (Å²) in [5, 5.41) is 7.27. The number of anilines is 2. The number of nitrogens with zero attached hydrogens (tertiary/aromatic N) is 1. The first-order valence-electron chi connectivity index (χ1n) is 8.44. The largest absolute Gasteiger partial charge is 0.457 e. The minimum atomic E-state index is -0.725. The van der Waals surface area contributed by atoms with Crippen molar-refractivity contribution in [2.45, 2.75) is 0 Å². The standard InChI is InChI=1S/C20H16F2N4O3/c1-23-19(27)18-11-15(8-9-24-18)29-14-6-7-17(16(22)10-14)26-20(28)25-13-4-2-12(21)3-5-13/h2-11H,1H3,(H,23,27)(H2,25,26,28). The molecule has 0 aliphatic carbocycles. The molecule has 0 aliphatic rings. The van der Waals surface area contributed by atoms with Gasteiger partial charge < -0.3 is 20.7 Å². The summed E-state index contributed by atoms with van der Waals surface area (Å²) >= 11 is 0. The second-order valence-corrected chi connectivity index (χ2v) is 5.79. The van der Waals surface area contributed by atoms with Crippen LogP contribution in [0, 0.1) is 11.6 Å². The molecule has 0 unspecified atom stereocenters. The molecule has 1 aromatic heterocycles. The van der Waals surface area contributed by atoms with Crippen molar-refractivity contribution < 1.29 is 23.1 Å². The van der Waals surface area contributed by atoms with E-state index in [1.165, 1.54) is 61.8 Å². The van der Waals surface area contributed by atoms with E-state index in [2.05, 4.69) is 20.9 Å². The maximum Gasteiger partial charge on any atom is 0.323 e. The van der Waals surface area contributed by atoms with Crippen LogP contribution in [0.2, 0.25) is 0 Å². The van der Waals surface area contributed by atoms with Crippen LogP contribution in [0.25, 0.3) is 0 Å². The molecule has 3 N–H and O–H groups in total. The minimum absolute atomic E-state index is 0.0715.